The molecule has 0 rings (SSSR count). The number of hydrogen-bond acceptors (Lipinski definition) is 11. The minimum absolute atomic E-state index is 0.0177. The summed E-state index contributed by atoms with van der Waals surface area (Å²) in [5.41, 5.74) is 0. The van der Waals surface area contributed by atoms with E-state index < -0.39 is 84.0 Å². The fourth-order valence-corrected chi connectivity index (χ4v) is 7.19. The van der Waals surface area contributed by atoms with Gasteiger partial charge in [-0.1, -0.05) is 77.0 Å². The molecule has 0 heterocycles. The number of carbonyl (C=O) groups excluding carboxylic acids is 6. The average Bonchev–Trinajstić information content (AvgIpc) is 3.24. The van der Waals surface area contributed by atoms with Crippen LogP contribution in [-0.4, -0.2) is 123 Å². The molecule has 0 aromatic carbocycles. The largest absolute Gasteiger partial charge is 0.481 e. The van der Waals surface area contributed by atoms with E-state index in [0.29, 0.717) is 32.2 Å². The Morgan fingerprint density at radius 1 is 0.379 bits per heavy atom. The molecule has 378 valence electrons. The van der Waals surface area contributed by atoms with E-state index in [1.165, 1.54) is 32.6 Å². The standard InChI is InChI=1S/C46H80N6O14/c1-32(49-40(56)29-25-36(45(63)64)50-39(55)21-16-14-12-10-8-6-4-5-7-9-11-13-15-17-22-43(59)60)23-27-41(57)51-37(46(65)66)26-30-42(58)52-35(44(61)62)24-28-38(54)48-31-19-18-20-34(47-3)33(2)53/h32,34-37,47H,4-31H2,1-3H3,(H,48,54)(H,49,56)(H,50,55)(H,51,57)(H,52,58)(H,59,60)(H,61,62)(H,63,64)(H,65,66)/t32-,34+,35+,36+,37+/m1/s1. The van der Waals surface area contributed by atoms with Crippen LogP contribution in [0.25, 0.3) is 0 Å². The van der Waals surface area contributed by atoms with Crippen LogP contribution >= 0.6 is 0 Å². The molecular formula is C46H80N6O14. The number of aliphatic carboxylic acids is 4. The summed E-state index contributed by atoms with van der Waals surface area (Å²) in [7, 11) is 1.69. The van der Waals surface area contributed by atoms with E-state index in [-0.39, 0.29) is 69.6 Å². The van der Waals surface area contributed by atoms with Crippen molar-refractivity contribution >= 4 is 59.2 Å². The Bertz CT molecular complexity index is 1510. The van der Waals surface area contributed by atoms with Crippen LogP contribution in [0.5, 0.6) is 0 Å². The number of unbranched alkanes of at least 4 members (excludes halogenated alkanes) is 14. The highest BCUT2D eigenvalue weighted by Crippen LogP contribution is 2.14. The third-order valence-electron chi connectivity index (χ3n) is 11.2. The number of ketones is 1. The van der Waals surface area contributed by atoms with Crippen molar-refractivity contribution in [2.75, 3.05) is 13.6 Å². The Morgan fingerprint density at radius 3 is 1.11 bits per heavy atom. The second-order valence-electron chi connectivity index (χ2n) is 17.1. The quantitative estimate of drug-likeness (QED) is 0.0385. The molecule has 0 radical (unpaired) electrons. The van der Waals surface area contributed by atoms with E-state index >= 15 is 0 Å². The van der Waals surface area contributed by atoms with E-state index in [9.17, 15) is 63.3 Å². The summed E-state index contributed by atoms with van der Waals surface area (Å²) in [6.45, 7) is 3.43. The van der Waals surface area contributed by atoms with Gasteiger partial charge in [-0.15, -0.1) is 0 Å². The van der Waals surface area contributed by atoms with Crippen LogP contribution in [0.3, 0.4) is 0 Å². The van der Waals surface area contributed by atoms with E-state index in [1.807, 2.05) is 0 Å². The molecule has 0 aromatic heterocycles. The fraction of sp³-hybridized carbons (Fsp3) is 0.783. The molecular weight excluding hydrogens is 861 g/mol. The Labute approximate surface area is 389 Å². The summed E-state index contributed by atoms with van der Waals surface area (Å²) in [6.07, 6.45) is 15.3. The van der Waals surface area contributed by atoms with Crippen molar-refractivity contribution < 1.29 is 68.4 Å². The second kappa shape index (κ2) is 38.0. The van der Waals surface area contributed by atoms with E-state index in [2.05, 4.69) is 31.9 Å². The highest BCUT2D eigenvalue weighted by molar-refractivity contribution is 5.87. The predicted octanol–water partition coefficient (Wildman–Crippen LogP) is 4.11. The highest BCUT2D eigenvalue weighted by atomic mass is 16.4. The molecule has 20 nitrogen and oxygen atoms in total. The first-order valence-corrected chi connectivity index (χ1v) is 23.9. The van der Waals surface area contributed by atoms with Gasteiger partial charge < -0.3 is 52.3 Å². The van der Waals surface area contributed by atoms with Crippen LogP contribution in [-0.2, 0) is 47.9 Å². The van der Waals surface area contributed by atoms with Crippen LogP contribution in [0.2, 0.25) is 0 Å². The maximum Gasteiger partial charge on any atom is 0.326 e. The van der Waals surface area contributed by atoms with E-state index in [0.717, 1.165) is 57.8 Å². The number of Topliss-reactive ketones (excluding diaryl/α,β-unsaturated/α-hetero) is 1. The highest BCUT2D eigenvalue weighted by Gasteiger charge is 2.25. The van der Waals surface area contributed by atoms with Gasteiger partial charge in [-0.25, -0.2) is 14.4 Å². The normalized spacial score (nSPS) is 13.3. The molecule has 0 aliphatic rings. The number of amides is 5. The Hall–Kier alpha value is -5.14. The van der Waals surface area contributed by atoms with Gasteiger partial charge in [0.2, 0.25) is 29.5 Å². The molecule has 0 fully saturated rings. The van der Waals surface area contributed by atoms with Crippen LogP contribution in [0.4, 0.5) is 0 Å². The zero-order valence-electron chi connectivity index (χ0n) is 39.6. The first-order chi connectivity index (χ1) is 31.4. The van der Waals surface area contributed by atoms with E-state index in [4.69, 9.17) is 5.11 Å². The van der Waals surface area contributed by atoms with Gasteiger partial charge in [0.1, 0.15) is 23.9 Å². The van der Waals surface area contributed by atoms with Crippen molar-refractivity contribution in [1.29, 1.82) is 0 Å². The minimum Gasteiger partial charge on any atom is -0.481 e. The SMILES string of the molecule is CN[C@@H](CCCCNC(=O)CC[C@H](NC(=O)CC[C@H](NC(=O)CC[C@@H](C)NC(=O)CC[C@H](NC(=O)CCCCCCCCCCCCCCCCC(=O)O)C(=O)O)C(=O)O)C(=O)O)C(C)=O. The summed E-state index contributed by atoms with van der Waals surface area (Å²) >= 11 is 0. The van der Waals surface area contributed by atoms with Crippen molar-refractivity contribution in [3.8, 4) is 0 Å². The monoisotopic (exact) mass is 941 g/mol. The van der Waals surface area contributed by atoms with Gasteiger partial charge in [-0.2, -0.15) is 0 Å². The maximum atomic E-state index is 12.6. The third kappa shape index (κ3) is 34.2. The number of hydrogen-bond donors (Lipinski definition) is 10. The Kier molecular flexibility index (Phi) is 35.1. The van der Waals surface area contributed by atoms with Crippen molar-refractivity contribution in [2.24, 2.45) is 0 Å². The van der Waals surface area contributed by atoms with Crippen LogP contribution in [0.15, 0.2) is 0 Å². The number of carbonyl (C=O) groups is 10. The van der Waals surface area contributed by atoms with Gasteiger partial charge in [0, 0.05) is 51.1 Å². The summed E-state index contributed by atoms with van der Waals surface area (Å²) in [5, 5.41) is 52.8. The topological polar surface area (TPSA) is 324 Å². The van der Waals surface area contributed by atoms with Gasteiger partial charge in [-0.05, 0) is 78.7 Å². The lowest BCUT2D eigenvalue weighted by Gasteiger charge is -2.18. The van der Waals surface area contributed by atoms with Crippen molar-refractivity contribution in [2.45, 2.75) is 217 Å². The van der Waals surface area contributed by atoms with Crippen LogP contribution in [0, 0.1) is 0 Å². The Morgan fingerprint density at radius 2 is 0.727 bits per heavy atom. The fourth-order valence-electron chi connectivity index (χ4n) is 7.19. The molecule has 0 spiro atoms. The lowest BCUT2D eigenvalue weighted by Crippen LogP contribution is -2.44. The van der Waals surface area contributed by atoms with Gasteiger partial charge in [0.15, 0.2) is 0 Å². The molecule has 66 heavy (non-hydrogen) atoms. The molecule has 0 aliphatic heterocycles. The average molecular weight is 941 g/mol. The first kappa shape index (κ1) is 60.9. The summed E-state index contributed by atoms with van der Waals surface area (Å²) in [4.78, 5) is 120. The van der Waals surface area contributed by atoms with Crippen LogP contribution < -0.4 is 31.9 Å². The molecule has 0 saturated heterocycles. The van der Waals surface area contributed by atoms with E-state index in [1.54, 1.807) is 14.0 Å². The maximum absolute atomic E-state index is 12.6. The van der Waals surface area contributed by atoms with Crippen LogP contribution in [0.1, 0.15) is 187 Å². The predicted molar refractivity (Wildman–Crippen MR) is 245 cm³/mol. The molecule has 20 heteroatoms. The molecule has 5 amide bonds. The first-order valence-electron chi connectivity index (χ1n) is 23.9. The van der Waals surface area contributed by atoms with Crippen molar-refractivity contribution in [1.82, 2.24) is 31.9 Å². The van der Waals surface area contributed by atoms with Gasteiger partial charge in [0.25, 0.3) is 0 Å². The molecule has 0 aliphatic carbocycles. The second-order valence-corrected chi connectivity index (χ2v) is 17.1. The smallest absolute Gasteiger partial charge is 0.326 e. The summed E-state index contributed by atoms with van der Waals surface area (Å²) in [6, 6.07) is -4.94. The summed E-state index contributed by atoms with van der Waals surface area (Å²) < 4.78 is 0. The van der Waals surface area contributed by atoms with Crippen molar-refractivity contribution in [3.05, 3.63) is 0 Å². The number of carboxylic acids is 4. The van der Waals surface area contributed by atoms with Crippen molar-refractivity contribution in [3.63, 3.8) is 0 Å². The lowest BCUT2D eigenvalue weighted by molar-refractivity contribution is -0.143. The Balaban J connectivity index is 4.38. The molecule has 10 N–H and O–H groups in total. The zero-order valence-corrected chi connectivity index (χ0v) is 39.6. The minimum atomic E-state index is -1.47. The van der Waals surface area contributed by atoms with Gasteiger partial charge in [-0.3, -0.25) is 33.6 Å². The number of nitrogens with one attached hydrogen (secondary N) is 6. The van der Waals surface area contributed by atoms with Gasteiger partial charge >= 0.3 is 23.9 Å². The van der Waals surface area contributed by atoms with Gasteiger partial charge in [0.05, 0.1) is 6.04 Å². The molecule has 0 unspecified atom stereocenters. The number of rotatable bonds is 43. The molecule has 0 aromatic rings. The third-order valence-corrected chi connectivity index (χ3v) is 11.2. The molecule has 0 bridgehead atoms. The number of carboxylic acid groups (broad SMARTS) is 4. The number of likely N-dealkylation sites (N-methyl/N-ethyl adjacent to an activating group) is 1. The zero-order chi connectivity index (χ0) is 49.7. The molecule has 5 atom stereocenters. The lowest BCUT2D eigenvalue weighted by atomic mass is 10.0. The molecule has 0 saturated carbocycles. The summed E-state index contributed by atoms with van der Waals surface area (Å²) in [5.74, 6) is -7.55.